The summed E-state index contributed by atoms with van der Waals surface area (Å²) in [6, 6.07) is 10.3. The first-order valence-electron chi connectivity index (χ1n) is 6.17. The topological polar surface area (TPSA) is 98.3 Å². The first-order chi connectivity index (χ1) is 8.90. The smallest absolute Gasteiger partial charge is 0.302 e. The fourth-order valence-corrected chi connectivity index (χ4v) is 0.738. The lowest BCUT2D eigenvalue weighted by Crippen LogP contribution is -1.95. The van der Waals surface area contributed by atoms with Crippen LogP contribution in [0, 0.1) is 6.92 Å². The molecule has 1 rings (SSSR count). The van der Waals surface area contributed by atoms with Gasteiger partial charge in [-0.15, -0.1) is 0 Å². The van der Waals surface area contributed by atoms with Gasteiger partial charge in [0.2, 0.25) is 0 Å². The van der Waals surface area contributed by atoms with Crippen LogP contribution in [-0.2, 0) is 9.53 Å². The summed E-state index contributed by atoms with van der Waals surface area (Å²) >= 11 is 0. The average molecular weight is 290 g/mol. The zero-order chi connectivity index (χ0) is 15.7. The Kier molecular flexibility index (Phi) is 30.7. The van der Waals surface area contributed by atoms with Crippen molar-refractivity contribution >= 4 is 5.97 Å². The summed E-state index contributed by atoms with van der Waals surface area (Å²) in [4.78, 5) is 9.82. The van der Waals surface area contributed by atoms with Gasteiger partial charge in [-0.2, -0.15) is 0 Å². The van der Waals surface area contributed by atoms with Gasteiger partial charge in [0.25, 0.3) is 0 Å². The number of ether oxygens (including phenoxy) is 1. The molecule has 0 aliphatic rings. The predicted octanol–water partition coefficient (Wildman–Crippen LogP) is 1.74. The summed E-state index contributed by atoms with van der Waals surface area (Å²) in [5.41, 5.74) is 1.32. The predicted molar refractivity (Wildman–Crippen MR) is 82.6 cm³/mol. The summed E-state index contributed by atoms with van der Waals surface area (Å²) < 4.78 is 4.40. The minimum atomic E-state index is -0.211. The lowest BCUT2D eigenvalue weighted by atomic mass is 10.2. The Bertz CT molecular complexity index is 270. The van der Waals surface area contributed by atoms with Crippen LogP contribution in [0.2, 0.25) is 0 Å². The second-order valence-corrected chi connectivity index (χ2v) is 3.67. The van der Waals surface area contributed by atoms with Gasteiger partial charge < -0.3 is 20.4 Å². The molecule has 0 fully saturated rings. The number of aryl methyl sites for hydroxylation is 1. The molecule has 0 saturated carbocycles. The number of aliphatic hydroxyl groups excluding tert-OH is 2. The average Bonchev–Trinajstić information content (AvgIpc) is 2.32. The molecule has 0 spiro atoms. The molecule has 0 saturated heterocycles. The normalized spacial score (nSPS) is 7.45. The van der Waals surface area contributed by atoms with Crippen LogP contribution in [0.4, 0.5) is 0 Å². The van der Waals surface area contributed by atoms with Crippen LogP contribution in [0.1, 0.15) is 33.3 Å². The van der Waals surface area contributed by atoms with E-state index in [2.05, 4.69) is 23.8 Å². The van der Waals surface area contributed by atoms with Crippen molar-refractivity contribution < 1.29 is 25.2 Å². The molecule has 1 aromatic carbocycles. The van der Waals surface area contributed by atoms with E-state index in [4.69, 9.17) is 10.2 Å². The van der Waals surface area contributed by atoms with Crippen LogP contribution in [-0.4, -0.2) is 41.5 Å². The molecule has 0 amide bonds. The van der Waals surface area contributed by atoms with Crippen LogP contribution < -0.4 is 0 Å². The van der Waals surface area contributed by atoms with E-state index in [0.717, 1.165) is 7.11 Å². The number of hydrogen-bond acceptors (Lipinski definition) is 4. The van der Waals surface area contributed by atoms with Gasteiger partial charge in [0.1, 0.15) is 0 Å². The van der Waals surface area contributed by atoms with Gasteiger partial charge in [-0.05, 0) is 27.7 Å². The van der Waals surface area contributed by atoms with Gasteiger partial charge in [0, 0.05) is 20.1 Å². The van der Waals surface area contributed by atoms with Crippen molar-refractivity contribution in [2.24, 2.45) is 0 Å². The van der Waals surface area contributed by atoms with Gasteiger partial charge in [-0.1, -0.05) is 35.9 Å². The molecule has 0 unspecified atom stereocenters. The SMILES string of the molecule is CC(C)O.CCOC(C)=O.CO.Cc1ccccc1.O. The molecule has 20 heavy (non-hydrogen) atoms. The Morgan fingerprint density at radius 2 is 1.55 bits per heavy atom. The van der Waals surface area contributed by atoms with Crippen molar-refractivity contribution in [2.75, 3.05) is 13.7 Å². The highest BCUT2D eigenvalue weighted by Gasteiger charge is 1.81. The Morgan fingerprint density at radius 1 is 1.20 bits per heavy atom. The molecule has 0 bridgehead atoms. The molecule has 120 valence electrons. The fourth-order valence-electron chi connectivity index (χ4n) is 0.738. The van der Waals surface area contributed by atoms with Crippen molar-refractivity contribution in [2.45, 2.75) is 40.7 Å². The second kappa shape index (κ2) is 22.7. The maximum absolute atomic E-state index is 9.82. The minimum Gasteiger partial charge on any atom is -0.466 e. The molecule has 0 radical (unpaired) electrons. The van der Waals surface area contributed by atoms with Crippen molar-refractivity contribution in [3.8, 4) is 0 Å². The van der Waals surface area contributed by atoms with E-state index in [9.17, 15) is 4.79 Å². The number of benzene rings is 1. The molecule has 0 heterocycles. The number of carbonyl (C=O) groups is 1. The highest BCUT2D eigenvalue weighted by molar-refractivity contribution is 5.65. The summed E-state index contributed by atoms with van der Waals surface area (Å²) in [6.45, 7) is 9.18. The molecular formula is C15H30O5. The third-order valence-corrected chi connectivity index (χ3v) is 1.29. The lowest BCUT2D eigenvalue weighted by Gasteiger charge is -1.89. The van der Waals surface area contributed by atoms with E-state index in [-0.39, 0.29) is 17.5 Å². The van der Waals surface area contributed by atoms with Crippen LogP contribution in [0.5, 0.6) is 0 Å². The number of esters is 1. The van der Waals surface area contributed by atoms with Crippen molar-refractivity contribution in [3.63, 3.8) is 0 Å². The van der Waals surface area contributed by atoms with Crippen molar-refractivity contribution in [1.29, 1.82) is 0 Å². The molecule has 5 nitrogen and oxygen atoms in total. The maximum Gasteiger partial charge on any atom is 0.302 e. The van der Waals surface area contributed by atoms with Gasteiger partial charge in [-0.25, -0.2) is 0 Å². The second-order valence-electron chi connectivity index (χ2n) is 3.67. The minimum absolute atomic E-state index is 0. The van der Waals surface area contributed by atoms with Crippen LogP contribution in [0.3, 0.4) is 0 Å². The number of hydrogen-bond donors (Lipinski definition) is 2. The molecule has 0 aliphatic carbocycles. The summed E-state index contributed by atoms with van der Waals surface area (Å²) in [7, 11) is 1.00. The Morgan fingerprint density at radius 3 is 1.65 bits per heavy atom. The molecule has 5 heteroatoms. The van der Waals surface area contributed by atoms with Gasteiger partial charge >= 0.3 is 5.97 Å². The first-order valence-corrected chi connectivity index (χ1v) is 6.17. The molecule has 0 aliphatic heterocycles. The lowest BCUT2D eigenvalue weighted by molar-refractivity contribution is -0.140. The highest BCUT2D eigenvalue weighted by atomic mass is 16.5. The van der Waals surface area contributed by atoms with E-state index in [0.29, 0.717) is 6.61 Å². The van der Waals surface area contributed by atoms with Crippen LogP contribution in [0.25, 0.3) is 0 Å². The molecule has 0 atom stereocenters. The third-order valence-electron chi connectivity index (χ3n) is 1.29. The van der Waals surface area contributed by atoms with Gasteiger partial charge in [0.15, 0.2) is 0 Å². The largest absolute Gasteiger partial charge is 0.466 e. The van der Waals surface area contributed by atoms with E-state index in [1.807, 2.05) is 18.2 Å². The Hall–Kier alpha value is -1.43. The summed E-state index contributed by atoms with van der Waals surface area (Å²) in [5, 5.41) is 15.1. The fraction of sp³-hybridized carbons (Fsp3) is 0.533. The first kappa shape index (κ1) is 27.0. The Balaban J connectivity index is -0.0000000911. The zero-order valence-corrected chi connectivity index (χ0v) is 13.4. The van der Waals surface area contributed by atoms with Crippen molar-refractivity contribution in [1.82, 2.24) is 0 Å². The van der Waals surface area contributed by atoms with Crippen molar-refractivity contribution in [3.05, 3.63) is 35.9 Å². The number of aliphatic hydroxyl groups is 2. The maximum atomic E-state index is 9.82. The number of carbonyl (C=O) groups excluding carboxylic acids is 1. The monoisotopic (exact) mass is 290 g/mol. The third kappa shape index (κ3) is 43.9. The van der Waals surface area contributed by atoms with E-state index in [1.54, 1.807) is 20.8 Å². The quantitative estimate of drug-likeness (QED) is 0.769. The molecular weight excluding hydrogens is 260 g/mol. The highest BCUT2D eigenvalue weighted by Crippen LogP contribution is 1.92. The van der Waals surface area contributed by atoms with E-state index < -0.39 is 0 Å². The molecule has 4 N–H and O–H groups in total. The van der Waals surface area contributed by atoms with E-state index in [1.165, 1.54) is 12.5 Å². The summed E-state index contributed by atoms with van der Waals surface area (Å²) in [5.74, 6) is -0.211. The molecule has 0 aromatic heterocycles. The molecule has 1 aromatic rings. The van der Waals surface area contributed by atoms with Crippen LogP contribution in [0.15, 0.2) is 30.3 Å². The number of rotatable bonds is 1. The standard InChI is InChI=1S/C7H8.C4H8O2.C3H8O.CH4O.H2O/c1-7-5-3-2-4-6-7;1-3-6-4(2)5;1-3(2)4;1-2;/h2-6H,1H3;3H2,1-2H3;3-4H,1-2H3;2H,1H3;1H2. The van der Waals surface area contributed by atoms with Gasteiger partial charge in [0.05, 0.1) is 6.61 Å². The Labute approximate surface area is 122 Å². The van der Waals surface area contributed by atoms with E-state index >= 15 is 0 Å². The zero-order valence-electron chi connectivity index (χ0n) is 13.4. The van der Waals surface area contributed by atoms with Crippen LogP contribution >= 0.6 is 0 Å². The summed E-state index contributed by atoms with van der Waals surface area (Å²) in [6.07, 6.45) is -0.167. The van der Waals surface area contributed by atoms with Gasteiger partial charge in [-0.3, -0.25) is 4.79 Å².